The smallest absolute Gasteiger partial charge is 0.296 e. The molecule has 1 fully saturated rings. The van der Waals surface area contributed by atoms with Gasteiger partial charge in [0.2, 0.25) is 0 Å². The Balaban J connectivity index is 1.83. The van der Waals surface area contributed by atoms with E-state index in [1.165, 1.54) is 23.6 Å². The lowest BCUT2D eigenvalue weighted by Crippen LogP contribution is -2.29. The molecular formula is C24H22N2O5. The lowest BCUT2D eigenvalue weighted by molar-refractivity contribution is -0.140. The third-order valence-corrected chi connectivity index (χ3v) is 5.05. The van der Waals surface area contributed by atoms with Crippen LogP contribution in [0.5, 0.6) is 5.75 Å². The summed E-state index contributed by atoms with van der Waals surface area (Å²) in [5.74, 6) is -0.517. The summed E-state index contributed by atoms with van der Waals surface area (Å²) in [7, 11) is 0. The Hall–Kier alpha value is -3.87. The van der Waals surface area contributed by atoms with Crippen LogP contribution in [0, 0.1) is 0 Å². The highest BCUT2D eigenvalue weighted by Crippen LogP contribution is 2.41. The van der Waals surface area contributed by atoms with Gasteiger partial charge in [-0.05, 0) is 48.4 Å². The van der Waals surface area contributed by atoms with Crippen molar-refractivity contribution in [1.29, 1.82) is 0 Å². The normalized spacial score (nSPS) is 17.8. The van der Waals surface area contributed by atoms with E-state index >= 15 is 0 Å². The molecule has 1 atom stereocenters. The third kappa shape index (κ3) is 4.07. The molecule has 1 amide bonds. The second kappa shape index (κ2) is 8.87. The van der Waals surface area contributed by atoms with Crippen molar-refractivity contribution < 1.29 is 23.8 Å². The number of rotatable bonds is 7. The molecule has 4 rings (SSSR count). The molecule has 7 heteroatoms. The van der Waals surface area contributed by atoms with Gasteiger partial charge >= 0.3 is 0 Å². The fourth-order valence-electron chi connectivity index (χ4n) is 3.62. The first-order chi connectivity index (χ1) is 15.1. The van der Waals surface area contributed by atoms with Crippen LogP contribution in [-0.2, 0) is 16.1 Å². The largest absolute Gasteiger partial charge is 0.507 e. The standard InChI is InChI=1S/C24H22N2O5/c1-2-12-30-18-6-3-5-17(14-18)21-20(22(27)16-8-10-25-11-9-16)23(28)24(29)26(21)15-19-7-4-13-31-19/h3-11,13-14,21,27H,2,12,15H2,1H3/b22-20+. The molecule has 0 radical (unpaired) electrons. The van der Waals surface area contributed by atoms with Crippen LogP contribution in [0.2, 0.25) is 0 Å². The average molecular weight is 418 g/mol. The topological polar surface area (TPSA) is 92.9 Å². The Morgan fingerprint density at radius 1 is 1.16 bits per heavy atom. The number of pyridine rings is 1. The number of hydrogen-bond donors (Lipinski definition) is 1. The summed E-state index contributed by atoms with van der Waals surface area (Å²) in [5, 5.41) is 11.0. The van der Waals surface area contributed by atoms with Crippen molar-refractivity contribution in [3.63, 3.8) is 0 Å². The fourth-order valence-corrected chi connectivity index (χ4v) is 3.62. The predicted molar refractivity (Wildman–Crippen MR) is 113 cm³/mol. The SMILES string of the molecule is CCCOc1cccc(C2/C(=C(\O)c3ccncc3)C(=O)C(=O)N2Cc2ccco2)c1. The number of ether oxygens (including phenoxy) is 1. The molecule has 1 aliphatic rings. The van der Waals surface area contributed by atoms with Crippen LogP contribution < -0.4 is 4.74 Å². The van der Waals surface area contributed by atoms with Gasteiger partial charge in [0.25, 0.3) is 11.7 Å². The maximum absolute atomic E-state index is 13.0. The number of ketones is 1. The van der Waals surface area contributed by atoms with Crippen molar-refractivity contribution in [2.75, 3.05) is 6.61 Å². The van der Waals surface area contributed by atoms with Gasteiger partial charge in [-0.25, -0.2) is 0 Å². The van der Waals surface area contributed by atoms with E-state index in [-0.39, 0.29) is 17.9 Å². The summed E-state index contributed by atoms with van der Waals surface area (Å²) in [6, 6.07) is 13.1. The minimum atomic E-state index is -0.788. The van der Waals surface area contributed by atoms with Crippen LogP contribution in [0.1, 0.15) is 36.3 Å². The summed E-state index contributed by atoms with van der Waals surface area (Å²) in [6.45, 7) is 2.65. The van der Waals surface area contributed by atoms with Crippen molar-refractivity contribution in [2.45, 2.75) is 25.9 Å². The first-order valence-electron chi connectivity index (χ1n) is 10.0. The quantitative estimate of drug-likeness (QED) is 0.353. The number of carbonyl (C=O) groups excluding carboxylic acids is 2. The van der Waals surface area contributed by atoms with Gasteiger partial charge in [0.05, 0.1) is 31.0 Å². The van der Waals surface area contributed by atoms with E-state index in [2.05, 4.69) is 4.98 Å². The molecule has 1 N–H and O–H groups in total. The van der Waals surface area contributed by atoms with Gasteiger partial charge in [0.15, 0.2) is 0 Å². The van der Waals surface area contributed by atoms with Gasteiger partial charge < -0.3 is 19.2 Å². The Kier molecular flexibility index (Phi) is 5.84. The van der Waals surface area contributed by atoms with Crippen LogP contribution in [0.25, 0.3) is 5.76 Å². The number of furan rings is 1. The highest BCUT2D eigenvalue weighted by Gasteiger charge is 2.46. The minimum absolute atomic E-state index is 0.0235. The van der Waals surface area contributed by atoms with Crippen LogP contribution in [0.15, 0.2) is 77.2 Å². The van der Waals surface area contributed by atoms with Crippen LogP contribution in [0.4, 0.5) is 0 Å². The van der Waals surface area contributed by atoms with Crippen LogP contribution in [0.3, 0.4) is 0 Å². The van der Waals surface area contributed by atoms with Gasteiger partial charge in [0, 0.05) is 18.0 Å². The molecule has 3 heterocycles. The van der Waals surface area contributed by atoms with Crippen LogP contribution >= 0.6 is 0 Å². The molecule has 2 aromatic heterocycles. The number of nitrogens with zero attached hydrogens (tertiary/aromatic N) is 2. The Morgan fingerprint density at radius 2 is 1.97 bits per heavy atom. The molecule has 7 nitrogen and oxygen atoms in total. The number of aromatic nitrogens is 1. The molecule has 0 bridgehead atoms. The zero-order chi connectivity index (χ0) is 21.8. The van der Waals surface area contributed by atoms with E-state index < -0.39 is 17.7 Å². The van der Waals surface area contributed by atoms with E-state index in [0.29, 0.717) is 29.2 Å². The molecule has 1 aliphatic heterocycles. The zero-order valence-corrected chi connectivity index (χ0v) is 17.0. The van der Waals surface area contributed by atoms with E-state index in [1.54, 1.807) is 36.4 Å². The van der Waals surface area contributed by atoms with Gasteiger partial charge in [-0.2, -0.15) is 0 Å². The molecule has 1 saturated heterocycles. The molecule has 0 saturated carbocycles. The number of benzene rings is 1. The lowest BCUT2D eigenvalue weighted by Gasteiger charge is -2.25. The summed E-state index contributed by atoms with van der Waals surface area (Å²) in [5.41, 5.74) is 1.10. The van der Waals surface area contributed by atoms with Gasteiger partial charge in [-0.3, -0.25) is 14.6 Å². The van der Waals surface area contributed by atoms with E-state index in [4.69, 9.17) is 9.15 Å². The number of aliphatic hydroxyl groups is 1. The third-order valence-electron chi connectivity index (χ3n) is 5.05. The van der Waals surface area contributed by atoms with Crippen molar-refractivity contribution in [2.24, 2.45) is 0 Å². The average Bonchev–Trinajstić information content (AvgIpc) is 3.40. The predicted octanol–water partition coefficient (Wildman–Crippen LogP) is 4.09. The van der Waals surface area contributed by atoms with Crippen LogP contribution in [-0.4, -0.2) is 33.3 Å². The van der Waals surface area contributed by atoms with Crippen molar-refractivity contribution in [1.82, 2.24) is 9.88 Å². The molecule has 0 spiro atoms. The molecule has 3 aromatic rings. The summed E-state index contributed by atoms with van der Waals surface area (Å²) in [4.78, 5) is 31.3. The molecular weight excluding hydrogens is 396 g/mol. The maximum Gasteiger partial charge on any atom is 0.296 e. The number of amides is 1. The minimum Gasteiger partial charge on any atom is -0.507 e. The maximum atomic E-state index is 13.0. The molecule has 158 valence electrons. The Morgan fingerprint density at radius 3 is 2.68 bits per heavy atom. The fraction of sp³-hybridized carbons (Fsp3) is 0.208. The summed E-state index contributed by atoms with van der Waals surface area (Å²) < 4.78 is 11.1. The highest BCUT2D eigenvalue weighted by atomic mass is 16.5. The second-order valence-corrected chi connectivity index (χ2v) is 7.16. The summed E-state index contributed by atoms with van der Waals surface area (Å²) >= 11 is 0. The number of carbonyl (C=O) groups is 2. The van der Waals surface area contributed by atoms with Crippen molar-refractivity contribution in [3.8, 4) is 5.75 Å². The first kappa shape index (κ1) is 20.4. The van der Waals surface area contributed by atoms with Gasteiger partial charge in [0.1, 0.15) is 17.3 Å². The van der Waals surface area contributed by atoms with Crippen molar-refractivity contribution in [3.05, 3.63) is 89.6 Å². The number of aliphatic hydroxyl groups excluding tert-OH is 1. The highest BCUT2D eigenvalue weighted by molar-refractivity contribution is 6.46. The van der Waals surface area contributed by atoms with Crippen molar-refractivity contribution >= 4 is 17.4 Å². The zero-order valence-electron chi connectivity index (χ0n) is 17.0. The Bertz CT molecular complexity index is 1110. The molecule has 31 heavy (non-hydrogen) atoms. The van der Waals surface area contributed by atoms with E-state index in [9.17, 15) is 14.7 Å². The number of Topliss-reactive ketones (excluding diaryl/α,β-unsaturated/α-hetero) is 1. The lowest BCUT2D eigenvalue weighted by atomic mass is 9.95. The molecule has 1 aromatic carbocycles. The van der Waals surface area contributed by atoms with E-state index in [1.807, 2.05) is 19.1 Å². The van der Waals surface area contributed by atoms with Gasteiger partial charge in [-0.1, -0.05) is 19.1 Å². The Labute approximate surface area is 179 Å². The number of likely N-dealkylation sites (tertiary alicyclic amines) is 1. The monoisotopic (exact) mass is 418 g/mol. The van der Waals surface area contributed by atoms with E-state index in [0.717, 1.165) is 6.42 Å². The second-order valence-electron chi connectivity index (χ2n) is 7.16. The van der Waals surface area contributed by atoms with Gasteiger partial charge in [-0.15, -0.1) is 0 Å². The summed E-state index contributed by atoms with van der Waals surface area (Å²) in [6.07, 6.45) is 5.39. The first-order valence-corrected chi connectivity index (χ1v) is 10.0. The number of hydrogen-bond acceptors (Lipinski definition) is 6. The molecule has 0 aliphatic carbocycles. The molecule has 1 unspecified atom stereocenters.